The van der Waals surface area contributed by atoms with Crippen molar-refractivity contribution < 1.29 is 9.21 Å². The molecule has 9 heteroatoms. The zero-order valence-electron chi connectivity index (χ0n) is 14.7. The van der Waals surface area contributed by atoms with Crippen molar-refractivity contribution in [3.8, 4) is 17.5 Å². The third kappa shape index (κ3) is 4.14. The fraction of sp³-hybridized carbons (Fsp3) is 0.263. The molecule has 6 nitrogen and oxygen atoms in total. The molecule has 0 spiro atoms. The standard InChI is InChI=1S/C19H15BrN4O2S2/c20-12-7-5-11(6-8-12)17-23-24-19(26-17)27-10-16(25)22-18-14(9-21)13-3-1-2-4-15(13)28-18/h5-8H,1-4,10H2,(H,22,25). The number of thiophene rings is 1. The van der Waals surface area contributed by atoms with Gasteiger partial charge in [0, 0.05) is 14.9 Å². The fourth-order valence-electron chi connectivity index (χ4n) is 3.04. The van der Waals surface area contributed by atoms with Crippen LogP contribution in [0.25, 0.3) is 11.5 Å². The molecule has 2 heterocycles. The maximum atomic E-state index is 12.4. The Kier molecular flexibility index (Phi) is 5.80. The van der Waals surface area contributed by atoms with Crippen molar-refractivity contribution in [2.75, 3.05) is 11.1 Å². The van der Waals surface area contributed by atoms with Crippen LogP contribution in [0, 0.1) is 11.3 Å². The van der Waals surface area contributed by atoms with E-state index in [1.807, 2.05) is 24.3 Å². The molecule has 1 aliphatic carbocycles. The Hall–Kier alpha value is -2.15. The number of aromatic nitrogens is 2. The van der Waals surface area contributed by atoms with Crippen LogP contribution in [0.3, 0.4) is 0 Å². The number of carbonyl (C=O) groups is 1. The number of fused-ring (bicyclic) bond motifs is 1. The summed E-state index contributed by atoms with van der Waals surface area (Å²) in [5.74, 6) is 0.353. The molecule has 0 fully saturated rings. The lowest BCUT2D eigenvalue weighted by Crippen LogP contribution is -2.14. The van der Waals surface area contributed by atoms with Gasteiger partial charge in [-0.05, 0) is 55.5 Å². The summed E-state index contributed by atoms with van der Waals surface area (Å²) in [6.45, 7) is 0. The number of nitrogens with zero attached hydrogens (tertiary/aromatic N) is 3. The number of nitrogens with one attached hydrogen (secondary N) is 1. The van der Waals surface area contributed by atoms with Crippen LogP contribution in [0.2, 0.25) is 0 Å². The van der Waals surface area contributed by atoms with Gasteiger partial charge in [0.1, 0.15) is 11.1 Å². The Morgan fingerprint density at radius 2 is 2.07 bits per heavy atom. The molecule has 0 radical (unpaired) electrons. The Balaban J connectivity index is 1.38. The maximum Gasteiger partial charge on any atom is 0.277 e. The second-order valence-electron chi connectivity index (χ2n) is 6.24. The number of thioether (sulfide) groups is 1. The number of rotatable bonds is 5. The van der Waals surface area contributed by atoms with Crippen LogP contribution in [-0.2, 0) is 17.6 Å². The Morgan fingerprint density at radius 1 is 1.29 bits per heavy atom. The van der Waals surface area contributed by atoms with Gasteiger partial charge in [-0.2, -0.15) is 5.26 Å². The average Bonchev–Trinajstić information content (AvgIpc) is 3.31. The number of benzene rings is 1. The zero-order valence-corrected chi connectivity index (χ0v) is 17.9. The average molecular weight is 475 g/mol. The van der Waals surface area contributed by atoms with Gasteiger partial charge in [0.05, 0.1) is 11.3 Å². The predicted molar refractivity (Wildman–Crippen MR) is 112 cm³/mol. The van der Waals surface area contributed by atoms with Gasteiger partial charge in [0.15, 0.2) is 0 Å². The highest BCUT2D eigenvalue weighted by Gasteiger charge is 2.22. The smallest absolute Gasteiger partial charge is 0.277 e. The van der Waals surface area contributed by atoms with Gasteiger partial charge in [-0.15, -0.1) is 21.5 Å². The topological polar surface area (TPSA) is 91.8 Å². The summed E-state index contributed by atoms with van der Waals surface area (Å²) in [4.78, 5) is 13.6. The quantitative estimate of drug-likeness (QED) is 0.520. The van der Waals surface area contributed by atoms with Crippen LogP contribution in [0.1, 0.15) is 28.8 Å². The van der Waals surface area contributed by atoms with Crippen molar-refractivity contribution in [2.45, 2.75) is 30.9 Å². The van der Waals surface area contributed by atoms with Crippen molar-refractivity contribution in [2.24, 2.45) is 0 Å². The van der Waals surface area contributed by atoms with Crippen LogP contribution in [0.15, 0.2) is 38.4 Å². The SMILES string of the molecule is N#Cc1c(NC(=O)CSc2nnc(-c3ccc(Br)cc3)o2)sc2c1CCCC2. The highest BCUT2D eigenvalue weighted by Crippen LogP contribution is 2.37. The molecule has 1 N–H and O–H groups in total. The maximum absolute atomic E-state index is 12.4. The summed E-state index contributed by atoms with van der Waals surface area (Å²) in [5, 5.41) is 21.3. The second kappa shape index (κ2) is 8.47. The molecule has 0 bridgehead atoms. The number of halogens is 1. The molecule has 3 aromatic rings. The number of anilines is 1. The molecule has 2 aromatic heterocycles. The van der Waals surface area contributed by atoms with Gasteiger partial charge in [-0.1, -0.05) is 27.7 Å². The van der Waals surface area contributed by atoms with Gasteiger partial charge in [0.2, 0.25) is 11.8 Å². The molecule has 142 valence electrons. The van der Waals surface area contributed by atoms with Crippen molar-refractivity contribution >= 4 is 49.9 Å². The second-order valence-corrected chi connectivity index (χ2v) is 9.19. The van der Waals surface area contributed by atoms with Crippen LogP contribution >= 0.6 is 39.0 Å². The lowest BCUT2D eigenvalue weighted by atomic mass is 9.96. The molecule has 0 atom stereocenters. The van der Waals surface area contributed by atoms with E-state index in [4.69, 9.17) is 4.42 Å². The Bertz CT molecular complexity index is 1050. The van der Waals surface area contributed by atoms with E-state index in [1.54, 1.807) is 0 Å². The monoisotopic (exact) mass is 474 g/mol. The minimum Gasteiger partial charge on any atom is -0.411 e. The first-order valence-electron chi connectivity index (χ1n) is 8.71. The van der Waals surface area contributed by atoms with Gasteiger partial charge in [-0.3, -0.25) is 4.79 Å². The summed E-state index contributed by atoms with van der Waals surface area (Å²) in [5.41, 5.74) is 2.54. The Labute approximate surface area is 178 Å². The normalized spacial score (nSPS) is 13.0. The van der Waals surface area contributed by atoms with E-state index in [-0.39, 0.29) is 11.7 Å². The van der Waals surface area contributed by atoms with Gasteiger partial charge < -0.3 is 9.73 Å². The van der Waals surface area contributed by atoms with E-state index in [2.05, 4.69) is 37.5 Å². The number of amides is 1. The lowest BCUT2D eigenvalue weighted by Gasteiger charge is -2.09. The molecule has 0 saturated carbocycles. The minimum absolute atomic E-state index is 0.134. The van der Waals surface area contributed by atoms with Crippen molar-refractivity contribution in [3.63, 3.8) is 0 Å². The van der Waals surface area contributed by atoms with E-state index in [1.165, 1.54) is 28.0 Å². The summed E-state index contributed by atoms with van der Waals surface area (Å²) in [6, 6.07) is 9.80. The first-order valence-corrected chi connectivity index (χ1v) is 11.3. The van der Waals surface area contributed by atoms with Crippen LogP contribution in [0.5, 0.6) is 0 Å². The van der Waals surface area contributed by atoms with Crippen molar-refractivity contribution in [1.29, 1.82) is 5.26 Å². The number of hydrogen-bond donors (Lipinski definition) is 1. The molecule has 1 amide bonds. The highest BCUT2D eigenvalue weighted by atomic mass is 79.9. The van der Waals surface area contributed by atoms with Crippen LogP contribution < -0.4 is 5.32 Å². The van der Waals surface area contributed by atoms with E-state index in [9.17, 15) is 10.1 Å². The van der Waals surface area contributed by atoms with Gasteiger partial charge in [-0.25, -0.2) is 0 Å². The molecule has 0 saturated heterocycles. The molecule has 1 aliphatic rings. The van der Waals surface area contributed by atoms with Crippen LogP contribution in [0.4, 0.5) is 5.00 Å². The molecule has 0 aliphatic heterocycles. The summed E-state index contributed by atoms with van der Waals surface area (Å²) in [7, 11) is 0. The predicted octanol–water partition coefficient (Wildman–Crippen LogP) is 5.04. The number of aryl methyl sites for hydroxylation is 1. The van der Waals surface area contributed by atoms with Crippen LogP contribution in [-0.4, -0.2) is 21.9 Å². The first kappa shape index (κ1) is 19.2. The van der Waals surface area contributed by atoms with Gasteiger partial charge >= 0.3 is 0 Å². The molecule has 4 rings (SSSR count). The molecule has 1 aromatic carbocycles. The summed E-state index contributed by atoms with van der Waals surface area (Å²) < 4.78 is 6.58. The van der Waals surface area contributed by atoms with E-state index in [0.717, 1.165) is 41.3 Å². The third-order valence-corrected chi connectivity index (χ3v) is 6.91. The zero-order chi connectivity index (χ0) is 19.5. The van der Waals surface area contributed by atoms with Crippen molar-refractivity contribution in [1.82, 2.24) is 10.2 Å². The summed E-state index contributed by atoms with van der Waals surface area (Å²) >= 11 is 6.08. The lowest BCUT2D eigenvalue weighted by molar-refractivity contribution is -0.113. The first-order chi connectivity index (χ1) is 13.6. The van der Waals surface area contributed by atoms with Gasteiger partial charge in [0.25, 0.3) is 5.22 Å². The molecule has 0 unspecified atom stereocenters. The highest BCUT2D eigenvalue weighted by molar-refractivity contribution is 9.10. The number of hydrogen-bond acceptors (Lipinski definition) is 7. The van der Waals surface area contributed by atoms with E-state index in [0.29, 0.717) is 21.7 Å². The number of nitriles is 1. The fourth-order valence-corrected chi connectivity index (χ4v) is 5.12. The van der Waals surface area contributed by atoms with Crippen molar-refractivity contribution in [3.05, 3.63) is 44.7 Å². The molecule has 28 heavy (non-hydrogen) atoms. The third-order valence-electron chi connectivity index (χ3n) is 4.36. The molecular formula is C19H15BrN4O2S2. The molecular weight excluding hydrogens is 460 g/mol. The minimum atomic E-state index is -0.191. The van der Waals surface area contributed by atoms with E-state index >= 15 is 0 Å². The van der Waals surface area contributed by atoms with E-state index < -0.39 is 0 Å². The number of carbonyl (C=O) groups excluding carboxylic acids is 1. The Morgan fingerprint density at radius 3 is 2.86 bits per heavy atom. The largest absolute Gasteiger partial charge is 0.411 e. The summed E-state index contributed by atoms with van der Waals surface area (Å²) in [6.07, 6.45) is 4.14.